The maximum atomic E-state index is 12.3. The number of para-hydroxylation sites is 1. The van der Waals surface area contributed by atoms with Gasteiger partial charge in [-0.25, -0.2) is 0 Å². The Labute approximate surface area is 128 Å². The van der Waals surface area contributed by atoms with Gasteiger partial charge in [-0.2, -0.15) is 0 Å². The van der Waals surface area contributed by atoms with Crippen LogP contribution in [0.4, 0.5) is 5.69 Å². The largest absolute Gasteiger partial charge is 0.376 e. The number of hydrogen-bond acceptors (Lipinski definition) is 4. The zero-order chi connectivity index (χ0) is 16.5. The quantitative estimate of drug-likeness (QED) is 0.440. The highest BCUT2D eigenvalue weighted by atomic mass is 16.2. The summed E-state index contributed by atoms with van der Waals surface area (Å²) in [6.45, 7) is 7.18. The Balaban J connectivity index is 2.37. The van der Waals surface area contributed by atoms with Gasteiger partial charge in [0.2, 0.25) is 5.91 Å². The Kier molecular flexibility index (Phi) is 4.03. The zero-order valence-corrected chi connectivity index (χ0v) is 13.0. The van der Waals surface area contributed by atoms with Gasteiger partial charge in [-0.3, -0.25) is 25.2 Å². The van der Waals surface area contributed by atoms with Crippen LogP contribution < -0.4 is 16.2 Å². The van der Waals surface area contributed by atoms with E-state index in [4.69, 9.17) is 0 Å². The van der Waals surface area contributed by atoms with E-state index in [1.54, 1.807) is 12.1 Å². The number of amides is 2. The molecule has 0 saturated heterocycles. The fraction of sp³-hybridized carbons (Fsp3) is 0.312. The second-order valence-electron chi connectivity index (χ2n) is 5.87. The molecule has 6 nitrogen and oxygen atoms in total. The molecule has 1 aliphatic rings. The normalized spacial score (nSPS) is 15.0. The molecular formula is C16H19N3O3. The minimum absolute atomic E-state index is 0.279. The van der Waals surface area contributed by atoms with Crippen LogP contribution in [0.5, 0.6) is 0 Å². The fourth-order valence-electron chi connectivity index (χ4n) is 2.51. The molecule has 116 valence electrons. The molecule has 0 bridgehead atoms. The van der Waals surface area contributed by atoms with E-state index >= 15 is 0 Å². The zero-order valence-electron chi connectivity index (χ0n) is 13.0. The van der Waals surface area contributed by atoms with Crippen molar-refractivity contribution in [2.45, 2.75) is 33.2 Å². The summed E-state index contributed by atoms with van der Waals surface area (Å²) in [7, 11) is 0. The average Bonchev–Trinajstić information content (AvgIpc) is 2.42. The number of anilines is 1. The van der Waals surface area contributed by atoms with Gasteiger partial charge in [-0.05, 0) is 32.4 Å². The van der Waals surface area contributed by atoms with Crippen molar-refractivity contribution >= 4 is 28.9 Å². The summed E-state index contributed by atoms with van der Waals surface area (Å²) in [5.41, 5.74) is 6.72. The number of allylic oxidation sites excluding steroid dienone is 1. The van der Waals surface area contributed by atoms with Gasteiger partial charge in [-0.1, -0.05) is 18.2 Å². The summed E-state index contributed by atoms with van der Waals surface area (Å²) in [6, 6.07) is 5.22. The molecule has 6 heteroatoms. The third-order valence-corrected chi connectivity index (χ3v) is 3.32. The van der Waals surface area contributed by atoms with Crippen LogP contribution in [0.2, 0.25) is 0 Å². The molecule has 0 spiro atoms. The molecule has 0 aliphatic carbocycles. The molecule has 0 atom stereocenters. The number of nitrogens with one attached hydrogen (secondary N) is 3. The lowest BCUT2D eigenvalue weighted by Crippen LogP contribution is -2.44. The molecule has 0 radical (unpaired) electrons. The first-order valence-electron chi connectivity index (χ1n) is 6.93. The Morgan fingerprint density at radius 2 is 1.82 bits per heavy atom. The Morgan fingerprint density at radius 3 is 2.45 bits per heavy atom. The summed E-state index contributed by atoms with van der Waals surface area (Å²) in [5.74, 6) is -2.03. The number of benzene rings is 1. The van der Waals surface area contributed by atoms with Gasteiger partial charge in [-0.15, -0.1) is 0 Å². The lowest BCUT2D eigenvalue weighted by Gasteiger charge is -2.32. The number of carbonyl (C=O) groups excluding carboxylic acids is 3. The summed E-state index contributed by atoms with van der Waals surface area (Å²) in [4.78, 5) is 35.0. The molecule has 1 heterocycles. The second kappa shape index (κ2) is 5.63. The van der Waals surface area contributed by atoms with Gasteiger partial charge < -0.3 is 5.32 Å². The predicted molar refractivity (Wildman–Crippen MR) is 84.1 cm³/mol. The van der Waals surface area contributed by atoms with E-state index in [0.717, 1.165) is 11.1 Å². The highest BCUT2D eigenvalue weighted by Gasteiger charge is 2.28. The van der Waals surface area contributed by atoms with E-state index in [0.29, 0.717) is 5.69 Å². The average molecular weight is 301 g/mol. The van der Waals surface area contributed by atoms with Gasteiger partial charge in [0, 0.05) is 12.5 Å². The highest BCUT2D eigenvalue weighted by molar-refractivity contribution is 6.44. The standard InChI is InChI=1S/C16H19N3O3/c1-9-8-16(3,4)17-13-11(9)6-5-7-12(13)14(21)15(22)19-18-10(2)20/h5-8,17H,1-4H3,(H,18,20)(H,19,22). The molecule has 2 rings (SSSR count). The SMILES string of the molecule is CC(=O)NNC(=O)C(=O)c1cccc2c1NC(C)(C)C=C2C. The molecule has 1 aromatic rings. The number of carbonyl (C=O) groups is 3. The first-order chi connectivity index (χ1) is 10.2. The lowest BCUT2D eigenvalue weighted by atomic mass is 9.88. The van der Waals surface area contributed by atoms with Gasteiger partial charge in [0.1, 0.15) is 0 Å². The van der Waals surface area contributed by atoms with Crippen LogP contribution in [0.15, 0.2) is 24.3 Å². The molecule has 0 fully saturated rings. The third-order valence-electron chi connectivity index (χ3n) is 3.32. The topological polar surface area (TPSA) is 87.3 Å². The van der Waals surface area contributed by atoms with Crippen LogP contribution in [0, 0.1) is 0 Å². The Morgan fingerprint density at radius 1 is 1.14 bits per heavy atom. The van der Waals surface area contributed by atoms with E-state index in [9.17, 15) is 14.4 Å². The molecule has 1 aromatic carbocycles. The molecule has 0 unspecified atom stereocenters. The summed E-state index contributed by atoms with van der Waals surface area (Å²) in [6.07, 6.45) is 2.07. The molecule has 22 heavy (non-hydrogen) atoms. The smallest absolute Gasteiger partial charge is 0.310 e. The van der Waals surface area contributed by atoms with E-state index in [1.165, 1.54) is 6.92 Å². The van der Waals surface area contributed by atoms with Crippen LogP contribution in [-0.2, 0) is 9.59 Å². The van der Waals surface area contributed by atoms with Crippen molar-refractivity contribution < 1.29 is 14.4 Å². The number of hydrazine groups is 1. The fourth-order valence-corrected chi connectivity index (χ4v) is 2.51. The van der Waals surface area contributed by atoms with E-state index in [2.05, 4.69) is 22.2 Å². The molecule has 0 saturated carbocycles. The number of rotatable bonds is 2. The molecular weight excluding hydrogens is 282 g/mol. The van der Waals surface area contributed by atoms with Gasteiger partial charge in [0.05, 0.1) is 16.8 Å². The molecule has 0 aromatic heterocycles. The number of ketones is 1. The van der Waals surface area contributed by atoms with Crippen molar-refractivity contribution in [3.63, 3.8) is 0 Å². The van der Waals surface area contributed by atoms with E-state index in [1.807, 2.05) is 26.8 Å². The van der Waals surface area contributed by atoms with Crippen LogP contribution in [0.1, 0.15) is 43.6 Å². The van der Waals surface area contributed by atoms with Crippen molar-refractivity contribution in [1.82, 2.24) is 10.9 Å². The Bertz CT molecular complexity index is 690. The molecule has 3 N–H and O–H groups in total. The Hall–Kier alpha value is -2.63. The first kappa shape index (κ1) is 15.8. The van der Waals surface area contributed by atoms with Crippen molar-refractivity contribution in [2.75, 3.05) is 5.32 Å². The second-order valence-corrected chi connectivity index (χ2v) is 5.87. The first-order valence-corrected chi connectivity index (χ1v) is 6.93. The minimum Gasteiger partial charge on any atom is -0.376 e. The molecule has 2 amide bonds. The van der Waals surface area contributed by atoms with Crippen molar-refractivity contribution in [1.29, 1.82) is 0 Å². The summed E-state index contributed by atoms with van der Waals surface area (Å²) in [5, 5.41) is 3.27. The summed E-state index contributed by atoms with van der Waals surface area (Å²) < 4.78 is 0. The van der Waals surface area contributed by atoms with Gasteiger partial charge in [0.25, 0.3) is 5.78 Å². The van der Waals surface area contributed by atoms with Crippen LogP contribution in [-0.4, -0.2) is 23.1 Å². The highest BCUT2D eigenvalue weighted by Crippen LogP contribution is 2.35. The van der Waals surface area contributed by atoms with Crippen molar-refractivity contribution in [3.8, 4) is 0 Å². The monoisotopic (exact) mass is 301 g/mol. The number of Topliss-reactive ketones (excluding diaryl/α,β-unsaturated/α-hetero) is 1. The maximum absolute atomic E-state index is 12.3. The lowest BCUT2D eigenvalue weighted by molar-refractivity contribution is -0.125. The van der Waals surface area contributed by atoms with E-state index in [-0.39, 0.29) is 11.1 Å². The summed E-state index contributed by atoms with van der Waals surface area (Å²) >= 11 is 0. The maximum Gasteiger partial charge on any atom is 0.310 e. The number of hydrogen-bond donors (Lipinski definition) is 3. The van der Waals surface area contributed by atoms with Crippen LogP contribution in [0.25, 0.3) is 5.57 Å². The van der Waals surface area contributed by atoms with E-state index < -0.39 is 17.6 Å². The van der Waals surface area contributed by atoms with Crippen LogP contribution >= 0.6 is 0 Å². The van der Waals surface area contributed by atoms with Crippen molar-refractivity contribution in [2.24, 2.45) is 0 Å². The molecule has 1 aliphatic heterocycles. The van der Waals surface area contributed by atoms with Gasteiger partial charge in [0.15, 0.2) is 0 Å². The predicted octanol–water partition coefficient (Wildman–Crippen LogP) is 1.64. The van der Waals surface area contributed by atoms with Gasteiger partial charge >= 0.3 is 5.91 Å². The minimum atomic E-state index is -0.879. The third kappa shape index (κ3) is 3.16. The van der Waals surface area contributed by atoms with Crippen LogP contribution in [0.3, 0.4) is 0 Å². The van der Waals surface area contributed by atoms with Crippen molar-refractivity contribution in [3.05, 3.63) is 35.4 Å². The number of fused-ring (bicyclic) bond motifs is 1.